The van der Waals surface area contributed by atoms with Gasteiger partial charge in [0.2, 0.25) is 0 Å². The van der Waals surface area contributed by atoms with Crippen LogP contribution in [0, 0.1) is 20.8 Å². The van der Waals surface area contributed by atoms with E-state index >= 15 is 0 Å². The fraction of sp³-hybridized carbons (Fsp3) is 0.500. The zero-order valence-corrected chi connectivity index (χ0v) is 10.2. The van der Waals surface area contributed by atoms with Crippen molar-refractivity contribution in [2.24, 2.45) is 0 Å². The molecule has 2 rings (SSSR count). The van der Waals surface area contributed by atoms with Crippen LogP contribution in [0.1, 0.15) is 52.9 Å². The van der Waals surface area contributed by atoms with E-state index in [0.717, 1.165) is 11.1 Å². The molecule has 0 radical (unpaired) electrons. The third kappa shape index (κ3) is 1.33. The zero-order valence-electron chi connectivity index (χ0n) is 10.2. The number of hydrogen-bond donors (Lipinski definition) is 0. The van der Waals surface area contributed by atoms with Gasteiger partial charge in [0.25, 0.3) is 0 Å². The van der Waals surface area contributed by atoms with Gasteiger partial charge in [-0.15, -0.1) is 0 Å². The number of carbonyl (C=O) groups is 1. The molecular formula is C14H18O. The van der Waals surface area contributed by atoms with E-state index in [-0.39, 0.29) is 5.41 Å². The van der Waals surface area contributed by atoms with Crippen LogP contribution in [-0.4, -0.2) is 5.78 Å². The lowest BCUT2D eigenvalue weighted by Gasteiger charge is -2.22. The molecule has 1 aromatic rings. The van der Waals surface area contributed by atoms with Crippen molar-refractivity contribution in [3.8, 4) is 0 Å². The van der Waals surface area contributed by atoms with Crippen LogP contribution in [0.4, 0.5) is 0 Å². The summed E-state index contributed by atoms with van der Waals surface area (Å²) in [6.45, 7) is 10.6. The maximum Gasteiger partial charge on any atom is 0.164 e. The second-order valence-corrected chi connectivity index (χ2v) is 5.37. The van der Waals surface area contributed by atoms with Crippen LogP contribution in [-0.2, 0) is 5.41 Å². The monoisotopic (exact) mass is 202 g/mol. The van der Waals surface area contributed by atoms with Gasteiger partial charge in [-0.2, -0.15) is 0 Å². The van der Waals surface area contributed by atoms with Crippen molar-refractivity contribution in [1.29, 1.82) is 0 Å². The molecule has 0 amide bonds. The second-order valence-electron chi connectivity index (χ2n) is 5.37. The van der Waals surface area contributed by atoms with Crippen molar-refractivity contribution in [1.82, 2.24) is 0 Å². The summed E-state index contributed by atoms with van der Waals surface area (Å²) >= 11 is 0. The molecule has 1 aliphatic carbocycles. The molecule has 0 aliphatic heterocycles. The molecule has 1 nitrogen and oxygen atoms in total. The maximum atomic E-state index is 12.0. The lowest BCUT2D eigenvalue weighted by molar-refractivity contribution is 0.0979. The summed E-state index contributed by atoms with van der Waals surface area (Å²) in [5.41, 5.74) is 6.03. The first kappa shape index (κ1) is 10.4. The Balaban J connectivity index is 2.85. The van der Waals surface area contributed by atoms with E-state index in [2.05, 4.69) is 33.8 Å². The van der Waals surface area contributed by atoms with Crippen LogP contribution in [0.2, 0.25) is 0 Å². The Morgan fingerprint density at radius 1 is 1.13 bits per heavy atom. The minimum atomic E-state index is 0.0211. The van der Waals surface area contributed by atoms with Crippen LogP contribution >= 0.6 is 0 Å². The summed E-state index contributed by atoms with van der Waals surface area (Å²) in [5.74, 6) is 0.315. The molecule has 0 saturated carbocycles. The van der Waals surface area contributed by atoms with Gasteiger partial charge in [0.05, 0.1) is 0 Å². The molecule has 0 bridgehead atoms. The fourth-order valence-electron chi connectivity index (χ4n) is 2.87. The van der Waals surface area contributed by atoms with Gasteiger partial charge in [-0.05, 0) is 48.4 Å². The summed E-state index contributed by atoms with van der Waals surface area (Å²) < 4.78 is 0. The lowest BCUT2D eigenvalue weighted by atomic mass is 9.82. The molecule has 1 aliphatic rings. The molecule has 1 heteroatoms. The average Bonchev–Trinajstić information content (AvgIpc) is 2.32. The Bertz CT molecular complexity index is 453. The summed E-state index contributed by atoms with van der Waals surface area (Å²) in [5, 5.41) is 0. The number of hydrogen-bond acceptors (Lipinski definition) is 1. The molecule has 1 aromatic carbocycles. The van der Waals surface area contributed by atoms with Crippen LogP contribution < -0.4 is 0 Å². The van der Waals surface area contributed by atoms with Gasteiger partial charge < -0.3 is 0 Å². The number of rotatable bonds is 0. The first-order chi connectivity index (χ1) is 6.84. The average molecular weight is 202 g/mol. The number of aryl methyl sites for hydroxylation is 2. The molecule has 0 fully saturated rings. The minimum Gasteiger partial charge on any atom is -0.294 e. The smallest absolute Gasteiger partial charge is 0.164 e. The Morgan fingerprint density at radius 3 is 2.33 bits per heavy atom. The lowest BCUT2D eigenvalue weighted by Crippen LogP contribution is -2.14. The van der Waals surface area contributed by atoms with Crippen LogP contribution in [0.5, 0.6) is 0 Å². The van der Waals surface area contributed by atoms with E-state index in [1.807, 2.05) is 6.92 Å². The zero-order chi connectivity index (χ0) is 11.4. The van der Waals surface area contributed by atoms with Crippen LogP contribution in [0.15, 0.2) is 6.07 Å². The highest BCUT2D eigenvalue weighted by atomic mass is 16.1. The van der Waals surface area contributed by atoms with Gasteiger partial charge in [-0.3, -0.25) is 4.79 Å². The fourth-order valence-corrected chi connectivity index (χ4v) is 2.87. The molecule has 15 heavy (non-hydrogen) atoms. The Morgan fingerprint density at radius 2 is 1.73 bits per heavy atom. The number of ketones is 1. The largest absolute Gasteiger partial charge is 0.294 e. The highest BCUT2D eigenvalue weighted by molar-refractivity contribution is 6.03. The van der Waals surface area contributed by atoms with Gasteiger partial charge in [-0.1, -0.05) is 19.9 Å². The van der Waals surface area contributed by atoms with Gasteiger partial charge in [0.1, 0.15) is 0 Å². The van der Waals surface area contributed by atoms with E-state index in [4.69, 9.17) is 0 Å². The molecule has 0 N–H and O–H groups in total. The van der Waals surface area contributed by atoms with Gasteiger partial charge in [0.15, 0.2) is 5.78 Å². The van der Waals surface area contributed by atoms with Crippen molar-refractivity contribution in [2.45, 2.75) is 46.5 Å². The van der Waals surface area contributed by atoms with Crippen molar-refractivity contribution >= 4 is 5.78 Å². The molecule has 0 heterocycles. The van der Waals surface area contributed by atoms with Gasteiger partial charge in [-0.25, -0.2) is 0 Å². The molecule has 0 atom stereocenters. The normalized spacial score (nSPS) is 18.1. The topological polar surface area (TPSA) is 17.1 Å². The van der Waals surface area contributed by atoms with Crippen LogP contribution in [0.3, 0.4) is 0 Å². The quantitative estimate of drug-likeness (QED) is 0.629. The van der Waals surface area contributed by atoms with Crippen molar-refractivity contribution in [3.63, 3.8) is 0 Å². The number of benzene rings is 1. The third-order valence-corrected chi connectivity index (χ3v) is 3.60. The van der Waals surface area contributed by atoms with E-state index < -0.39 is 0 Å². The predicted octanol–water partition coefficient (Wildman–Crippen LogP) is 3.48. The summed E-state index contributed by atoms with van der Waals surface area (Å²) in [6, 6.07) is 2.13. The third-order valence-electron chi connectivity index (χ3n) is 3.60. The highest BCUT2D eigenvalue weighted by Gasteiger charge is 2.38. The summed E-state index contributed by atoms with van der Waals surface area (Å²) in [7, 11) is 0. The van der Waals surface area contributed by atoms with E-state index in [9.17, 15) is 4.79 Å². The van der Waals surface area contributed by atoms with Gasteiger partial charge in [0, 0.05) is 12.0 Å². The van der Waals surface area contributed by atoms with Crippen molar-refractivity contribution in [2.75, 3.05) is 0 Å². The Labute approximate surface area is 91.5 Å². The van der Waals surface area contributed by atoms with E-state index in [0.29, 0.717) is 12.2 Å². The van der Waals surface area contributed by atoms with E-state index in [1.54, 1.807) is 0 Å². The molecule has 80 valence electrons. The predicted molar refractivity (Wildman–Crippen MR) is 62.6 cm³/mol. The number of Topliss-reactive ketones (excluding diaryl/α,β-unsaturated/α-hetero) is 1. The Kier molecular flexibility index (Phi) is 2.04. The molecule has 0 spiro atoms. The molecule has 0 saturated heterocycles. The summed E-state index contributed by atoms with van der Waals surface area (Å²) in [6.07, 6.45) is 0.660. The summed E-state index contributed by atoms with van der Waals surface area (Å²) in [4.78, 5) is 12.0. The first-order valence-electron chi connectivity index (χ1n) is 5.49. The van der Waals surface area contributed by atoms with Crippen molar-refractivity contribution in [3.05, 3.63) is 33.9 Å². The van der Waals surface area contributed by atoms with Crippen LogP contribution in [0.25, 0.3) is 0 Å². The number of fused-ring (bicyclic) bond motifs is 1. The molecule has 0 unspecified atom stereocenters. The standard InChI is InChI=1S/C14H18O/c1-8-6-9(2)12-11(15)7-14(4,5)13(12)10(8)3/h6H,7H2,1-5H3. The highest BCUT2D eigenvalue weighted by Crippen LogP contribution is 2.42. The van der Waals surface area contributed by atoms with Gasteiger partial charge >= 0.3 is 0 Å². The molecule has 0 aromatic heterocycles. The van der Waals surface area contributed by atoms with E-state index in [1.165, 1.54) is 16.7 Å². The Hall–Kier alpha value is -1.11. The number of carbonyl (C=O) groups excluding carboxylic acids is 1. The maximum absolute atomic E-state index is 12.0. The first-order valence-corrected chi connectivity index (χ1v) is 5.49. The molecular weight excluding hydrogens is 184 g/mol. The second kappa shape index (κ2) is 2.94. The minimum absolute atomic E-state index is 0.0211. The van der Waals surface area contributed by atoms with Crippen molar-refractivity contribution < 1.29 is 4.79 Å². The SMILES string of the molecule is Cc1cc(C)c2c(c1C)C(C)(C)CC2=O.